The number of likely N-dealkylation sites (tertiary alicyclic amines) is 1. The summed E-state index contributed by atoms with van der Waals surface area (Å²) in [5.41, 5.74) is 0.882. The van der Waals surface area contributed by atoms with Gasteiger partial charge in [0.1, 0.15) is 5.75 Å². The van der Waals surface area contributed by atoms with E-state index >= 15 is 0 Å². The van der Waals surface area contributed by atoms with Gasteiger partial charge in [0.25, 0.3) is 0 Å². The van der Waals surface area contributed by atoms with Crippen LogP contribution < -0.4 is 0 Å². The molecule has 18 heavy (non-hydrogen) atoms. The number of phenolic OH excluding ortho intramolecular Hbond substituents is 1. The van der Waals surface area contributed by atoms with Gasteiger partial charge in [0.05, 0.1) is 6.42 Å². The van der Waals surface area contributed by atoms with Gasteiger partial charge in [-0.3, -0.25) is 4.79 Å². The quantitative estimate of drug-likeness (QED) is 0.891. The Morgan fingerprint density at radius 2 is 2.28 bits per heavy atom. The summed E-state index contributed by atoms with van der Waals surface area (Å²) in [6.07, 6.45) is 1.50. The van der Waals surface area contributed by atoms with Crippen molar-refractivity contribution < 1.29 is 9.90 Å². The highest BCUT2D eigenvalue weighted by Crippen LogP contribution is 2.24. The molecule has 0 aromatic heterocycles. The van der Waals surface area contributed by atoms with Crippen LogP contribution in [0, 0.1) is 11.8 Å². The Kier molecular flexibility index (Phi) is 3.90. The minimum Gasteiger partial charge on any atom is -0.508 e. The second-order valence-electron chi connectivity index (χ2n) is 5.48. The standard InChI is InChI=1S/C15H21NO2/c1-11(2)13-6-7-16(10-13)15(18)9-12-4-3-5-14(17)8-12/h3-5,8,11,13,17H,6-7,9-10H2,1-2H3. The molecule has 1 amide bonds. The summed E-state index contributed by atoms with van der Waals surface area (Å²) >= 11 is 0. The topological polar surface area (TPSA) is 40.5 Å². The van der Waals surface area contributed by atoms with Gasteiger partial charge in [-0.05, 0) is 36.0 Å². The van der Waals surface area contributed by atoms with Crippen LogP contribution in [0.25, 0.3) is 0 Å². The van der Waals surface area contributed by atoms with Crippen molar-refractivity contribution >= 4 is 5.91 Å². The van der Waals surface area contributed by atoms with Crippen LogP contribution in [-0.2, 0) is 11.2 Å². The average Bonchev–Trinajstić information content (AvgIpc) is 2.78. The number of carbonyl (C=O) groups is 1. The van der Waals surface area contributed by atoms with Crippen LogP contribution in [-0.4, -0.2) is 29.0 Å². The maximum atomic E-state index is 12.1. The Morgan fingerprint density at radius 3 is 2.89 bits per heavy atom. The molecule has 2 rings (SSSR count). The van der Waals surface area contributed by atoms with Crippen molar-refractivity contribution in [3.63, 3.8) is 0 Å². The van der Waals surface area contributed by atoms with Gasteiger partial charge < -0.3 is 10.0 Å². The van der Waals surface area contributed by atoms with Gasteiger partial charge in [0.2, 0.25) is 5.91 Å². The van der Waals surface area contributed by atoms with Gasteiger partial charge in [-0.1, -0.05) is 26.0 Å². The average molecular weight is 247 g/mol. The molecular formula is C15H21NO2. The van der Waals surface area contributed by atoms with E-state index in [0.717, 1.165) is 25.1 Å². The number of amides is 1. The molecule has 1 unspecified atom stereocenters. The number of nitrogens with zero attached hydrogens (tertiary/aromatic N) is 1. The molecule has 1 aromatic rings. The first-order valence-electron chi connectivity index (χ1n) is 6.62. The fourth-order valence-electron chi connectivity index (χ4n) is 2.51. The SMILES string of the molecule is CC(C)C1CCN(C(=O)Cc2cccc(O)c2)C1. The van der Waals surface area contributed by atoms with E-state index in [1.165, 1.54) is 0 Å². The van der Waals surface area contributed by atoms with E-state index in [9.17, 15) is 9.90 Å². The largest absolute Gasteiger partial charge is 0.508 e. The number of aromatic hydroxyl groups is 1. The van der Waals surface area contributed by atoms with Crippen molar-refractivity contribution in [2.45, 2.75) is 26.7 Å². The molecule has 1 aliphatic rings. The number of carbonyl (C=O) groups excluding carboxylic acids is 1. The normalized spacial score (nSPS) is 19.5. The summed E-state index contributed by atoms with van der Waals surface area (Å²) in [5.74, 6) is 1.67. The third-order valence-electron chi connectivity index (χ3n) is 3.79. The van der Waals surface area contributed by atoms with Gasteiger partial charge in [-0.25, -0.2) is 0 Å². The van der Waals surface area contributed by atoms with Gasteiger partial charge in [0.15, 0.2) is 0 Å². The molecule has 1 atom stereocenters. The summed E-state index contributed by atoms with van der Waals surface area (Å²) < 4.78 is 0. The van der Waals surface area contributed by atoms with E-state index in [0.29, 0.717) is 18.3 Å². The van der Waals surface area contributed by atoms with Crippen LogP contribution in [0.1, 0.15) is 25.8 Å². The van der Waals surface area contributed by atoms with Crippen molar-refractivity contribution in [3.8, 4) is 5.75 Å². The molecular weight excluding hydrogens is 226 g/mol. The van der Waals surface area contributed by atoms with Crippen molar-refractivity contribution in [1.29, 1.82) is 0 Å². The second kappa shape index (κ2) is 5.42. The zero-order chi connectivity index (χ0) is 13.1. The number of hydrogen-bond acceptors (Lipinski definition) is 2. The van der Waals surface area contributed by atoms with Crippen LogP contribution in [0.5, 0.6) is 5.75 Å². The molecule has 1 heterocycles. The van der Waals surface area contributed by atoms with E-state index in [4.69, 9.17) is 0 Å². The third-order valence-corrected chi connectivity index (χ3v) is 3.79. The lowest BCUT2D eigenvalue weighted by Gasteiger charge is -2.18. The highest BCUT2D eigenvalue weighted by Gasteiger charge is 2.27. The van der Waals surface area contributed by atoms with Crippen LogP contribution in [0.15, 0.2) is 24.3 Å². The maximum absolute atomic E-state index is 12.1. The lowest BCUT2D eigenvalue weighted by atomic mass is 9.95. The molecule has 1 aromatic carbocycles. The monoisotopic (exact) mass is 247 g/mol. The predicted octanol–water partition coefficient (Wildman–Crippen LogP) is 2.44. The first-order valence-corrected chi connectivity index (χ1v) is 6.62. The summed E-state index contributed by atoms with van der Waals surface area (Å²) in [6, 6.07) is 6.94. The fourth-order valence-corrected chi connectivity index (χ4v) is 2.51. The number of hydrogen-bond donors (Lipinski definition) is 1. The van der Waals surface area contributed by atoms with Gasteiger partial charge in [0, 0.05) is 13.1 Å². The Hall–Kier alpha value is -1.51. The first-order chi connectivity index (χ1) is 8.56. The second-order valence-corrected chi connectivity index (χ2v) is 5.48. The van der Waals surface area contributed by atoms with Crippen molar-refractivity contribution in [1.82, 2.24) is 4.90 Å². The minimum atomic E-state index is 0.170. The lowest BCUT2D eigenvalue weighted by Crippen LogP contribution is -2.30. The van der Waals surface area contributed by atoms with E-state index in [1.54, 1.807) is 18.2 Å². The molecule has 98 valence electrons. The summed E-state index contributed by atoms with van der Waals surface area (Å²) in [5, 5.41) is 9.38. The Labute approximate surface area is 108 Å². The minimum absolute atomic E-state index is 0.170. The Bertz CT molecular complexity index is 428. The number of phenols is 1. The van der Waals surface area contributed by atoms with E-state index in [1.807, 2.05) is 11.0 Å². The highest BCUT2D eigenvalue weighted by atomic mass is 16.3. The lowest BCUT2D eigenvalue weighted by molar-refractivity contribution is -0.129. The molecule has 3 nitrogen and oxygen atoms in total. The van der Waals surface area contributed by atoms with Crippen LogP contribution >= 0.6 is 0 Å². The Balaban J connectivity index is 1.93. The van der Waals surface area contributed by atoms with E-state index in [-0.39, 0.29) is 11.7 Å². The Morgan fingerprint density at radius 1 is 1.50 bits per heavy atom. The van der Waals surface area contributed by atoms with Gasteiger partial charge in [-0.2, -0.15) is 0 Å². The molecule has 0 spiro atoms. The molecule has 0 radical (unpaired) electrons. The summed E-state index contributed by atoms with van der Waals surface area (Å²) in [7, 11) is 0. The molecule has 0 saturated carbocycles. The first kappa shape index (κ1) is 12.9. The van der Waals surface area contributed by atoms with Gasteiger partial charge >= 0.3 is 0 Å². The molecule has 0 bridgehead atoms. The summed E-state index contributed by atoms with van der Waals surface area (Å²) in [6.45, 7) is 6.19. The van der Waals surface area contributed by atoms with E-state index < -0.39 is 0 Å². The van der Waals surface area contributed by atoms with Crippen molar-refractivity contribution in [3.05, 3.63) is 29.8 Å². The molecule has 1 N–H and O–H groups in total. The molecule has 3 heteroatoms. The smallest absolute Gasteiger partial charge is 0.227 e. The predicted molar refractivity (Wildman–Crippen MR) is 71.3 cm³/mol. The van der Waals surface area contributed by atoms with Crippen molar-refractivity contribution in [2.24, 2.45) is 11.8 Å². The van der Waals surface area contributed by atoms with Crippen molar-refractivity contribution in [2.75, 3.05) is 13.1 Å². The number of benzene rings is 1. The highest BCUT2D eigenvalue weighted by molar-refractivity contribution is 5.79. The summed E-state index contributed by atoms with van der Waals surface area (Å²) in [4.78, 5) is 14.1. The molecule has 1 fully saturated rings. The molecule has 1 aliphatic heterocycles. The van der Waals surface area contributed by atoms with Crippen LogP contribution in [0.2, 0.25) is 0 Å². The van der Waals surface area contributed by atoms with Gasteiger partial charge in [-0.15, -0.1) is 0 Å². The zero-order valence-corrected chi connectivity index (χ0v) is 11.1. The maximum Gasteiger partial charge on any atom is 0.227 e. The molecule has 1 saturated heterocycles. The third kappa shape index (κ3) is 3.03. The fraction of sp³-hybridized carbons (Fsp3) is 0.533. The van der Waals surface area contributed by atoms with Crippen LogP contribution in [0.4, 0.5) is 0 Å². The molecule has 0 aliphatic carbocycles. The van der Waals surface area contributed by atoms with Crippen LogP contribution in [0.3, 0.4) is 0 Å². The number of rotatable bonds is 3. The zero-order valence-electron chi connectivity index (χ0n) is 11.1. The van der Waals surface area contributed by atoms with E-state index in [2.05, 4.69) is 13.8 Å².